The van der Waals surface area contributed by atoms with E-state index in [0.717, 1.165) is 19.3 Å². The molecule has 3 rings (SSSR count). The second kappa shape index (κ2) is 4.39. The molecule has 1 aromatic carbocycles. The van der Waals surface area contributed by atoms with E-state index in [2.05, 4.69) is 41.4 Å². The van der Waals surface area contributed by atoms with Gasteiger partial charge in [-0.2, -0.15) is 0 Å². The first kappa shape index (κ1) is 11.7. The number of rotatable bonds is 2. The summed E-state index contributed by atoms with van der Waals surface area (Å²) >= 11 is 0. The average molecular weight is 244 g/mol. The van der Waals surface area contributed by atoms with E-state index in [-0.39, 0.29) is 18.0 Å². The highest BCUT2D eigenvalue weighted by Crippen LogP contribution is 2.38. The second-order valence-corrected chi connectivity index (χ2v) is 5.40. The number of hydrogen-bond acceptors (Lipinski definition) is 2. The number of hydrogen-bond donors (Lipinski definition) is 1. The molecule has 0 radical (unpaired) electrons. The molecule has 3 nitrogen and oxygen atoms in total. The lowest BCUT2D eigenvalue weighted by Crippen LogP contribution is -2.46. The summed E-state index contributed by atoms with van der Waals surface area (Å²) in [7, 11) is 1.88. The molecule has 18 heavy (non-hydrogen) atoms. The standard InChI is InChI=1S/C15H20N2O/c1-10-13-6-4-3-5-11(13)9-14(16-2)15(18)17(10)12-7-8-12/h3-6,10,12,14,16H,7-9H2,1-2H3. The fourth-order valence-electron chi connectivity index (χ4n) is 3.03. The molecule has 96 valence electrons. The summed E-state index contributed by atoms with van der Waals surface area (Å²) in [6, 6.07) is 9.06. The number of nitrogens with one attached hydrogen (secondary N) is 1. The first-order chi connectivity index (χ1) is 8.72. The molecule has 1 heterocycles. The van der Waals surface area contributed by atoms with Crippen molar-refractivity contribution >= 4 is 5.91 Å². The van der Waals surface area contributed by atoms with Gasteiger partial charge in [-0.05, 0) is 44.4 Å². The SMILES string of the molecule is CNC1Cc2ccccc2C(C)N(C2CC2)C1=O. The third kappa shape index (κ3) is 1.83. The molecule has 1 amide bonds. The number of carbonyl (C=O) groups is 1. The summed E-state index contributed by atoms with van der Waals surface area (Å²) in [6.07, 6.45) is 3.13. The third-order valence-corrected chi connectivity index (χ3v) is 4.19. The Hall–Kier alpha value is -1.35. The molecule has 1 aliphatic heterocycles. The zero-order chi connectivity index (χ0) is 12.7. The Morgan fingerprint density at radius 3 is 2.67 bits per heavy atom. The molecule has 2 unspecified atom stereocenters. The lowest BCUT2D eigenvalue weighted by molar-refractivity contribution is -0.135. The molecule has 2 aliphatic rings. The van der Waals surface area contributed by atoms with Gasteiger partial charge in [-0.15, -0.1) is 0 Å². The predicted octanol–water partition coefficient (Wildman–Crippen LogP) is 1.88. The first-order valence-electron chi connectivity index (χ1n) is 6.79. The van der Waals surface area contributed by atoms with E-state index < -0.39 is 0 Å². The second-order valence-electron chi connectivity index (χ2n) is 5.40. The van der Waals surface area contributed by atoms with Crippen LogP contribution in [0, 0.1) is 0 Å². The molecular weight excluding hydrogens is 224 g/mol. The van der Waals surface area contributed by atoms with Crippen molar-refractivity contribution in [2.24, 2.45) is 0 Å². The van der Waals surface area contributed by atoms with Crippen LogP contribution in [-0.4, -0.2) is 29.9 Å². The van der Waals surface area contributed by atoms with E-state index in [9.17, 15) is 4.79 Å². The van der Waals surface area contributed by atoms with Crippen molar-refractivity contribution in [3.63, 3.8) is 0 Å². The van der Waals surface area contributed by atoms with Gasteiger partial charge in [0.1, 0.15) is 0 Å². The van der Waals surface area contributed by atoms with Crippen LogP contribution in [-0.2, 0) is 11.2 Å². The van der Waals surface area contributed by atoms with Crippen LogP contribution in [0.15, 0.2) is 24.3 Å². The van der Waals surface area contributed by atoms with Crippen molar-refractivity contribution in [3.8, 4) is 0 Å². The van der Waals surface area contributed by atoms with Gasteiger partial charge in [-0.3, -0.25) is 4.79 Å². The van der Waals surface area contributed by atoms with Crippen LogP contribution < -0.4 is 5.32 Å². The highest BCUT2D eigenvalue weighted by Gasteiger charge is 2.41. The van der Waals surface area contributed by atoms with Gasteiger partial charge in [0.25, 0.3) is 0 Å². The Labute approximate surface area is 108 Å². The molecule has 0 aromatic heterocycles. The Bertz CT molecular complexity index is 467. The zero-order valence-electron chi connectivity index (χ0n) is 11.0. The lowest BCUT2D eigenvalue weighted by Gasteiger charge is -2.30. The minimum absolute atomic E-state index is 0.0725. The number of amides is 1. The maximum Gasteiger partial charge on any atom is 0.240 e. The van der Waals surface area contributed by atoms with Crippen LogP contribution in [0.2, 0.25) is 0 Å². The Morgan fingerprint density at radius 2 is 2.00 bits per heavy atom. The van der Waals surface area contributed by atoms with E-state index in [1.807, 2.05) is 7.05 Å². The summed E-state index contributed by atoms with van der Waals surface area (Å²) in [5.74, 6) is 0.267. The van der Waals surface area contributed by atoms with Gasteiger partial charge in [-0.1, -0.05) is 24.3 Å². The van der Waals surface area contributed by atoms with Crippen molar-refractivity contribution in [2.45, 2.75) is 44.3 Å². The molecule has 0 saturated heterocycles. The third-order valence-electron chi connectivity index (χ3n) is 4.19. The normalized spacial score (nSPS) is 27.9. The van der Waals surface area contributed by atoms with E-state index in [4.69, 9.17) is 0 Å². The summed E-state index contributed by atoms with van der Waals surface area (Å²) in [4.78, 5) is 14.7. The number of carbonyl (C=O) groups excluding carboxylic acids is 1. The van der Waals surface area contributed by atoms with Crippen LogP contribution in [0.25, 0.3) is 0 Å². The van der Waals surface area contributed by atoms with Gasteiger partial charge in [0.05, 0.1) is 12.1 Å². The fourth-order valence-corrected chi connectivity index (χ4v) is 3.03. The van der Waals surface area contributed by atoms with Crippen LogP contribution >= 0.6 is 0 Å². The molecule has 3 heteroatoms. The van der Waals surface area contributed by atoms with Gasteiger partial charge in [0.15, 0.2) is 0 Å². The summed E-state index contributed by atoms with van der Waals surface area (Å²) in [6.45, 7) is 2.16. The largest absolute Gasteiger partial charge is 0.332 e. The fraction of sp³-hybridized carbons (Fsp3) is 0.533. The molecule has 2 atom stereocenters. The highest BCUT2D eigenvalue weighted by atomic mass is 16.2. The lowest BCUT2D eigenvalue weighted by atomic mass is 9.98. The van der Waals surface area contributed by atoms with E-state index in [1.165, 1.54) is 11.1 Å². The predicted molar refractivity (Wildman–Crippen MR) is 71.3 cm³/mol. The quantitative estimate of drug-likeness (QED) is 0.861. The van der Waals surface area contributed by atoms with Gasteiger partial charge in [0.2, 0.25) is 5.91 Å². The minimum atomic E-state index is -0.0725. The number of benzene rings is 1. The summed E-state index contributed by atoms with van der Waals surface area (Å²) in [5, 5.41) is 3.18. The monoisotopic (exact) mass is 244 g/mol. The van der Waals surface area contributed by atoms with Gasteiger partial charge in [-0.25, -0.2) is 0 Å². The molecule has 1 fully saturated rings. The van der Waals surface area contributed by atoms with Crippen molar-refractivity contribution < 1.29 is 4.79 Å². The van der Waals surface area contributed by atoms with Crippen LogP contribution in [0.3, 0.4) is 0 Å². The van der Waals surface area contributed by atoms with Crippen molar-refractivity contribution in [1.29, 1.82) is 0 Å². The van der Waals surface area contributed by atoms with Crippen molar-refractivity contribution in [2.75, 3.05) is 7.05 Å². The van der Waals surface area contributed by atoms with Gasteiger partial charge >= 0.3 is 0 Å². The number of nitrogens with zero attached hydrogens (tertiary/aromatic N) is 1. The van der Waals surface area contributed by atoms with E-state index in [1.54, 1.807) is 0 Å². The Morgan fingerprint density at radius 1 is 1.28 bits per heavy atom. The summed E-state index contributed by atoms with van der Waals surface area (Å²) < 4.78 is 0. The van der Waals surface area contributed by atoms with Crippen molar-refractivity contribution in [3.05, 3.63) is 35.4 Å². The van der Waals surface area contributed by atoms with Crippen LogP contribution in [0.1, 0.15) is 36.9 Å². The van der Waals surface area contributed by atoms with Gasteiger partial charge in [0, 0.05) is 6.04 Å². The Kier molecular flexibility index (Phi) is 2.86. The topological polar surface area (TPSA) is 32.3 Å². The smallest absolute Gasteiger partial charge is 0.240 e. The minimum Gasteiger partial charge on any atom is -0.332 e. The van der Waals surface area contributed by atoms with Gasteiger partial charge < -0.3 is 10.2 Å². The highest BCUT2D eigenvalue weighted by molar-refractivity contribution is 5.84. The molecule has 1 aromatic rings. The summed E-state index contributed by atoms with van der Waals surface area (Å²) in [5.41, 5.74) is 2.62. The Balaban J connectivity index is 2.04. The molecule has 0 bridgehead atoms. The number of fused-ring (bicyclic) bond motifs is 1. The molecule has 1 saturated carbocycles. The number of likely N-dealkylation sites (N-methyl/N-ethyl adjacent to an activating group) is 1. The molecule has 1 N–H and O–H groups in total. The first-order valence-corrected chi connectivity index (χ1v) is 6.79. The molecule has 0 spiro atoms. The van der Waals surface area contributed by atoms with E-state index in [0.29, 0.717) is 6.04 Å². The van der Waals surface area contributed by atoms with Crippen LogP contribution in [0.4, 0.5) is 0 Å². The van der Waals surface area contributed by atoms with E-state index >= 15 is 0 Å². The maximum atomic E-state index is 12.6. The van der Waals surface area contributed by atoms with Crippen LogP contribution in [0.5, 0.6) is 0 Å². The maximum absolute atomic E-state index is 12.6. The zero-order valence-corrected chi connectivity index (χ0v) is 11.0. The molecular formula is C15H20N2O. The average Bonchev–Trinajstić information content (AvgIpc) is 3.20. The van der Waals surface area contributed by atoms with Crippen molar-refractivity contribution in [1.82, 2.24) is 10.2 Å². The molecule has 1 aliphatic carbocycles.